The van der Waals surface area contributed by atoms with Crippen LogP contribution in [0.3, 0.4) is 0 Å². The quantitative estimate of drug-likeness (QED) is 0.802. The number of hydrogen-bond acceptors (Lipinski definition) is 4. The van der Waals surface area contributed by atoms with Gasteiger partial charge in [0.1, 0.15) is 5.82 Å². The minimum absolute atomic E-state index is 0.0190. The number of hydrogen-bond donors (Lipinski definition) is 1. The number of carbonyl (C=O) groups is 3. The van der Waals surface area contributed by atoms with Gasteiger partial charge in [0.15, 0.2) is 0 Å². The SMILES string of the molecule is O=C1CCC(CCC(=O)N2CC[C@@]3(CCCN(Cc4ccccc4F)C3=O)C2)=NN1. The number of rotatable bonds is 5. The third-order valence-corrected chi connectivity index (χ3v) is 6.46. The number of hydrazone groups is 1. The van der Waals surface area contributed by atoms with Crippen molar-refractivity contribution in [3.05, 3.63) is 35.6 Å². The molecule has 3 aliphatic heterocycles. The van der Waals surface area contributed by atoms with Gasteiger partial charge in [-0.3, -0.25) is 14.4 Å². The maximum atomic E-state index is 14.0. The Kier molecular flexibility index (Phi) is 5.83. The lowest BCUT2D eigenvalue weighted by Crippen LogP contribution is -2.50. The summed E-state index contributed by atoms with van der Waals surface area (Å²) in [6.45, 7) is 1.89. The summed E-state index contributed by atoms with van der Waals surface area (Å²) in [6, 6.07) is 6.55. The molecule has 30 heavy (non-hydrogen) atoms. The van der Waals surface area contributed by atoms with Gasteiger partial charge in [-0.15, -0.1) is 0 Å². The van der Waals surface area contributed by atoms with E-state index in [2.05, 4.69) is 10.5 Å². The molecule has 0 bridgehead atoms. The molecule has 160 valence electrons. The monoisotopic (exact) mass is 414 g/mol. The first kappa shape index (κ1) is 20.5. The third-order valence-electron chi connectivity index (χ3n) is 6.46. The second-order valence-electron chi connectivity index (χ2n) is 8.48. The molecule has 7 nitrogen and oxygen atoms in total. The molecular weight excluding hydrogens is 387 g/mol. The average Bonchev–Trinajstić information content (AvgIpc) is 3.17. The van der Waals surface area contributed by atoms with E-state index in [1.807, 2.05) is 0 Å². The summed E-state index contributed by atoms with van der Waals surface area (Å²) >= 11 is 0. The lowest BCUT2D eigenvalue weighted by Gasteiger charge is -2.39. The number of amides is 3. The zero-order chi connectivity index (χ0) is 21.1. The van der Waals surface area contributed by atoms with Gasteiger partial charge in [0.25, 0.3) is 0 Å². The van der Waals surface area contributed by atoms with Crippen LogP contribution in [0.1, 0.15) is 50.5 Å². The number of benzene rings is 1. The van der Waals surface area contributed by atoms with E-state index in [9.17, 15) is 18.8 Å². The van der Waals surface area contributed by atoms with Crippen LogP contribution in [0, 0.1) is 11.2 Å². The van der Waals surface area contributed by atoms with E-state index >= 15 is 0 Å². The topological polar surface area (TPSA) is 82.1 Å². The van der Waals surface area contributed by atoms with Crippen molar-refractivity contribution >= 4 is 23.4 Å². The van der Waals surface area contributed by atoms with Crippen molar-refractivity contribution in [1.29, 1.82) is 0 Å². The largest absolute Gasteiger partial charge is 0.342 e. The van der Waals surface area contributed by atoms with E-state index in [-0.39, 0.29) is 30.1 Å². The van der Waals surface area contributed by atoms with E-state index in [0.29, 0.717) is 57.3 Å². The number of carbonyl (C=O) groups excluding carboxylic acids is 3. The fraction of sp³-hybridized carbons (Fsp3) is 0.545. The standard InChI is InChI=1S/C22H27FN4O3/c23-18-5-2-1-4-16(18)14-26-12-3-10-22(21(26)30)11-13-27(15-22)20(29)9-7-17-6-8-19(28)25-24-17/h1-2,4-5H,3,6-15H2,(H,25,28)/t22-/m0/s1. The Hall–Kier alpha value is -2.77. The first-order valence-corrected chi connectivity index (χ1v) is 10.6. The molecule has 0 radical (unpaired) electrons. The van der Waals surface area contributed by atoms with Crippen LogP contribution in [0.5, 0.6) is 0 Å². The molecule has 0 unspecified atom stereocenters. The molecule has 3 heterocycles. The highest BCUT2D eigenvalue weighted by molar-refractivity contribution is 5.94. The maximum Gasteiger partial charge on any atom is 0.240 e. The predicted molar refractivity (Wildman–Crippen MR) is 109 cm³/mol. The molecule has 1 aromatic rings. The molecule has 1 atom stereocenters. The molecule has 3 amide bonds. The molecule has 1 aromatic carbocycles. The van der Waals surface area contributed by atoms with Crippen LogP contribution in [0.25, 0.3) is 0 Å². The maximum absolute atomic E-state index is 14.0. The highest BCUT2D eigenvalue weighted by atomic mass is 19.1. The summed E-state index contributed by atoms with van der Waals surface area (Å²) in [5.41, 5.74) is 3.26. The number of halogens is 1. The first-order chi connectivity index (χ1) is 14.5. The van der Waals surface area contributed by atoms with Crippen molar-refractivity contribution in [1.82, 2.24) is 15.2 Å². The van der Waals surface area contributed by atoms with Crippen LogP contribution >= 0.6 is 0 Å². The summed E-state index contributed by atoms with van der Waals surface area (Å²) in [5, 5.41) is 4.02. The Labute approximate surface area is 175 Å². The van der Waals surface area contributed by atoms with Crippen molar-refractivity contribution in [2.24, 2.45) is 10.5 Å². The van der Waals surface area contributed by atoms with Gasteiger partial charge in [-0.2, -0.15) is 5.10 Å². The molecule has 1 spiro atoms. The Bertz CT molecular complexity index is 887. The molecule has 8 heteroatoms. The minimum atomic E-state index is -0.546. The summed E-state index contributed by atoms with van der Waals surface area (Å²) in [7, 11) is 0. The number of piperidine rings is 1. The second-order valence-corrected chi connectivity index (χ2v) is 8.48. The van der Waals surface area contributed by atoms with Gasteiger partial charge in [0.05, 0.1) is 5.41 Å². The van der Waals surface area contributed by atoms with Crippen molar-refractivity contribution in [3.8, 4) is 0 Å². The highest BCUT2D eigenvalue weighted by Crippen LogP contribution is 2.40. The van der Waals surface area contributed by atoms with E-state index in [1.165, 1.54) is 6.07 Å². The molecule has 0 aliphatic carbocycles. The van der Waals surface area contributed by atoms with Crippen molar-refractivity contribution < 1.29 is 18.8 Å². The fourth-order valence-electron chi connectivity index (χ4n) is 4.70. The van der Waals surface area contributed by atoms with Gasteiger partial charge in [-0.05, 0) is 38.2 Å². The van der Waals surface area contributed by atoms with E-state index in [1.54, 1.807) is 28.0 Å². The molecule has 4 rings (SSSR count). The Balaban J connectivity index is 1.35. The summed E-state index contributed by atoms with van der Waals surface area (Å²) in [4.78, 5) is 40.7. The van der Waals surface area contributed by atoms with E-state index < -0.39 is 5.41 Å². The van der Waals surface area contributed by atoms with Gasteiger partial charge >= 0.3 is 0 Å². The highest BCUT2D eigenvalue weighted by Gasteiger charge is 2.49. The van der Waals surface area contributed by atoms with Crippen LogP contribution in [0.4, 0.5) is 4.39 Å². The zero-order valence-electron chi connectivity index (χ0n) is 17.0. The van der Waals surface area contributed by atoms with Crippen LogP contribution in [-0.2, 0) is 20.9 Å². The number of likely N-dealkylation sites (tertiary alicyclic amines) is 2. The molecular formula is C22H27FN4O3. The van der Waals surface area contributed by atoms with Crippen molar-refractivity contribution in [3.63, 3.8) is 0 Å². The van der Waals surface area contributed by atoms with Crippen LogP contribution in [0.15, 0.2) is 29.4 Å². The van der Waals surface area contributed by atoms with Gasteiger partial charge in [-0.25, -0.2) is 9.82 Å². The lowest BCUT2D eigenvalue weighted by molar-refractivity contribution is -0.146. The van der Waals surface area contributed by atoms with Crippen LogP contribution < -0.4 is 5.43 Å². The van der Waals surface area contributed by atoms with Gasteiger partial charge in [0.2, 0.25) is 17.7 Å². The van der Waals surface area contributed by atoms with Gasteiger partial charge in [-0.1, -0.05) is 18.2 Å². The van der Waals surface area contributed by atoms with E-state index in [4.69, 9.17) is 0 Å². The lowest BCUT2D eigenvalue weighted by atomic mass is 9.78. The number of nitrogens with zero attached hydrogens (tertiary/aromatic N) is 3. The molecule has 0 saturated carbocycles. The van der Waals surface area contributed by atoms with Gasteiger partial charge < -0.3 is 9.80 Å². The van der Waals surface area contributed by atoms with Crippen molar-refractivity contribution in [2.75, 3.05) is 19.6 Å². The third kappa shape index (κ3) is 4.22. The van der Waals surface area contributed by atoms with Crippen LogP contribution in [0.2, 0.25) is 0 Å². The Morgan fingerprint density at radius 2 is 2.00 bits per heavy atom. The summed E-state index contributed by atoms with van der Waals surface area (Å²) in [5.74, 6) is -0.338. The second kappa shape index (κ2) is 8.53. The van der Waals surface area contributed by atoms with Gasteiger partial charge in [0, 0.05) is 50.3 Å². The predicted octanol–water partition coefficient (Wildman–Crippen LogP) is 2.21. The Morgan fingerprint density at radius 1 is 1.17 bits per heavy atom. The Morgan fingerprint density at radius 3 is 2.77 bits per heavy atom. The van der Waals surface area contributed by atoms with Crippen LogP contribution in [-0.4, -0.2) is 52.9 Å². The average molecular weight is 414 g/mol. The normalized spacial score (nSPS) is 24.2. The summed E-state index contributed by atoms with van der Waals surface area (Å²) < 4.78 is 14.0. The molecule has 3 aliphatic rings. The smallest absolute Gasteiger partial charge is 0.240 e. The number of nitrogens with one attached hydrogen (secondary N) is 1. The zero-order valence-corrected chi connectivity index (χ0v) is 17.0. The molecule has 2 saturated heterocycles. The minimum Gasteiger partial charge on any atom is -0.342 e. The van der Waals surface area contributed by atoms with E-state index in [0.717, 1.165) is 18.6 Å². The first-order valence-electron chi connectivity index (χ1n) is 10.6. The summed E-state index contributed by atoms with van der Waals surface area (Å²) in [6.07, 6.45) is 4.13. The van der Waals surface area contributed by atoms with Crippen molar-refractivity contribution in [2.45, 2.75) is 51.5 Å². The fourth-order valence-corrected chi connectivity index (χ4v) is 4.70. The molecule has 2 fully saturated rings. The molecule has 1 N–H and O–H groups in total. The molecule has 0 aromatic heterocycles.